The number of aliphatic hydroxyl groups is 2. The number of imidazole rings is 1. The smallest absolute Gasteiger partial charge is 0.251 e. The summed E-state index contributed by atoms with van der Waals surface area (Å²) in [6.45, 7) is 0.481. The molecule has 1 fully saturated rings. The molecule has 4 aromatic rings. The summed E-state index contributed by atoms with van der Waals surface area (Å²) in [6, 6.07) is 16.2. The van der Waals surface area contributed by atoms with Crippen LogP contribution in [0.1, 0.15) is 11.8 Å². The average molecular weight is 476 g/mol. The predicted molar refractivity (Wildman–Crippen MR) is 126 cm³/mol. The summed E-state index contributed by atoms with van der Waals surface area (Å²) < 4.78 is 7.20. The highest BCUT2D eigenvalue weighted by Crippen LogP contribution is 2.33. The highest BCUT2D eigenvalue weighted by atomic mass is 16.6. The Morgan fingerprint density at radius 3 is 2.51 bits per heavy atom. The Balaban J connectivity index is 1.58. The van der Waals surface area contributed by atoms with Crippen molar-refractivity contribution >= 4 is 22.9 Å². The second-order valence-corrected chi connectivity index (χ2v) is 8.15. The van der Waals surface area contributed by atoms with Crippen LogP contribution >= 0.6 is 0 Å². The first kappa shape index (κ1) is 22.7. The number of aliphatic hydroxyl groups excluding tert-OH is 2. The lowest BCUT2D eigenvalue weighted by atomic mass is 10.1. The Labute approximate surface area is 200 Å². The second-order valence-electron chi connectivity index (χ2n) is 8.15. The lowest BCUT2D eigenvalue weighted by Crippen LogP contribution is -2.41. The van der Waals surface area contributed by atoms with Crippen LogP contribution in [-0.2, 0) is 16.1 Å². The number of nitrogens with zero attached hydrogens (tertiary/aromatic N) is 4. The van der Waals surface area contributed by atoms with Crippen LogP contribution in [0.4, 0.5) is 5.82 Å². The van der Waals surface area contributed by atoms with Gasteiger partial charge < -0.3 is 30.7 Å². The van der Waals surface area contributed by atoms with E-state index in [-0.39, 0.29) is 5.75 Å². The van der Waals surface area contributed by atoms with Crippen molar-refractivity contribution in [3.05, 3.63) is 66.5 Å². The average Bonchev–Trinajstić information content (AvgIpc) is 3.44. The van der Waals surface area contributed by atoms with Gasteiger partial charge in [-0.05, 0) is 29.8 Å². The number of fused-ring (bicyclic) bond motifs is 1. The van der Waals surface area contributed by atoms with E-state index in [0.717, 1.165) is 5.56 Å². The quantitative estimate of drug-likeness (QED) is 0.276. The van der Waals surface area contributed by atoms with Gasteiger partial charge >= 0.3 is 0 Å². The first-order chi connectivity index (χ1) is 17.0. The molecule has 5 rings (SSSR count). The molecule has 1 aliphatic rings. The van der Waals surface area contributed by atoms with Crippen molar-refractivity contribution in [2.45, 2.75) is 31.1 Å². The molecule has 0 aliphatic carbocycles. The number of hydrogen-bond donors (Lipinski definition) is 5. The van der Waals surface area contributed by atoms with E-state index in [0.29, 0.717) is 34.9 Å². The highest BCUT2D eigenvalue weighted by Gasteiger charge is 2.47. The number of hydrogen-bond acceptors (Lipinski definition) is 9. The second kappa shape index (κ2) is 9.29. The van der Waals surface area contributed by atoms with E-state index in [4.69, 9.17) is 4.74 Å². The van der Waals surface area contributed by atoms with E-state index in [9.17, 15) is 20.1 Å². The van der Waals surface area contributed by atoms with Gasteiger partial charge in [-0.25, -0.2) is 15.0 Å². The zero-order valence-corrected chi connectivity index (χ0v) is 18.7. The Morgan fingerprint density at radius 2 is 1.80 bits per heavy atom. The molecule has 3 heterocycles. The van der Waals surface area contributed by atoms with E-state index in [1.807, 2.05) is 30.3 Å². The minimum absolute atomic E-state index is 0.110. The van der Waals surface area contributed by atoms with Crippen molar-refractivity contribution in [2.24, 2.45) is 0 Å². The van der Waals surface area contributed by atoms with Crippen LogP contribution in [0.2, 0.25) is 0 Å². The number of nitrogens with one attached hydrogen (secondary N) is 2. The van der Waals surface area contributed by atoms with Crippen molar-refractivity contribution in [2.75, 3.05) is 12.4 Å². The summed E-state index contributed by atoms with van der Waals surface area (Å²) in [6.07, 6.45) is -3.72. The van der Waals surface area contributed by atoms with E-state index in [2.05, 4.69) is 25.6 Å². The predicted octanol–water partition coefficient (Wildman–Crippen LogP) is 1.18. The molecule has 1 aliphatic heterocycles. The lowest BCUT2D eigenvalue weighted by molar-refractivity contribution is -0.137. The van der Waals surface area contributed by atoms with Crippen molar-refractivity contribution < 1.29 is 24.9 Å². The van der Waals surface area contributed by atoms with Crippen LogP contribution in [0.5, 0.6) is 5.75 Å². The molecule has 0 unspecified atom stereocenters. The van der Waals surface area contributed by atoms with E-state index < -0.39 is 30.4 Å². The van der Waals surface area contributed by atoms with Crippen LogP contribution in [0.25, 0.3) is 22.6 Å². The van der Waals surface area contributed by atoms with Crippen LogP contribution in [0.15, 0.2) is 60.9 Å². The molecule has 35 heavy (non-hydrogen) atoms. The lowest BCUT2D eigenvalue weighted by Gasteiger charge is -2.17. The molecule has 4 atom stereocenters. The zero-order valence-electron chi connectivity index (χ0n) is 18.7. The molecule has 2 aromatic heterocycles. The van der Waals surface area contributed by atoms with Gasteiger partial charge in [0.15, 0.2) is 35.1 Å². The Kier molecular flexibility index (Phi) is 6.03. The summed E-state index contributed by atoms with van der Waals surface area (Å²) in [4.78, 5) is 25.8. The molecule has 0 radical (unpaired) electrons. The maximum atomic E-state index is 12.1. The Hall–Kier alpha value is -4.06. The fourth-order valence-electron chi connectivity index (χ4n) is 4.00. The standard InChI is InChI=1S/C24H24N6O5/c1-25-23(34)19-17(32)18(33)24(35-19)30-12-27-16-21(26-11-13-5-3-2-4-6-13)28-20(29-22(16)30)14-7-9-15(31)10-8-14/h2-10,12,17-19,24,31-33H,11H2,1H3,(H,25,34)(H,26,28,29)/t17-,18+,19-,24+/m0/s1. The molecule has 11 nitrogen and oxygen atoms in total. The molecule has 5 N–H and O–H groups in total. The number of phenols is 1. The maximum absolute atomic E-state index is 12.1. The molecular formula is C24H24N6O5. The van der Waals surface area contributed by atoms with Crippen molar-refractivity contribution in [1.29, 1.82) is 0 Å². The number of ether oxygens (including phenoxy) is 1. The van der Waals surface area contributed by atoms with Crippen LogP contribution in [-0.4, -0.2) is 66.1 Å². The van der Waals surface area contributed by atoms with Gasteiger partial charge in [-0.15, -0.1) is 0 Å². The fraction of sp³-hybridized carbons (Fsp3) is 0.250. The SMILES string of the molecule is CNC(=O)[C@H]1O[C@@H](n2cnc3c(NCc4ccccc4)nc(-c4ccc(O)cc4)nc32)[C@H](O)[C@@H]1O. The molecule has 180 valence electrons. The number of benzene rings is 2. The van der Waals surface area contributed by atoms with Gasteiger partial charge in [-0.3, -0.25) is 9.36 Å². The summed E-state index contributed by atoms with van der Waals surface area (Å²) in [5.74, 6) is 0.370. The fourth-order valence-corrected chi connectivity index (χ4v) is 4.00. The third-order valence-corrected chi connectivity index (χ3v) is 5.87. The number of aromatic hydroxyl groups is 1. The number of carbonyl (C=O) groups excluding carboxylic acids is 1. The largest absolute Gasteiger partial charge is 0.508 e. The first-order valence-corrected chi connectivity index (χ1v) is 11.0. The van der Waals surface area contributed by atoms with Gasteiger partial charge in [0.2, 0.25) is 0 Å². The van der Waals surface area contributed by atoms with Crippen molar-refractivity contribution in [3.63, 3.8) is 0 Å². The number of likely N-dealkylation sites (N-methyl/N-ethyl adjacent to an activating group) is 1. The van der Waals surface area contributed by atoms with Gasteiger partial charge in [0.25, 0.3) is 5.91 Å². The molecular weight excluding hydrogens is 452 g/mol. The van der Waals surface area contributed by atoms with Gasteiger partial charge in [-0.2, -0.15) is 0 Å². The minimum atomic E-state index is -1.42. The number of aromatic nitrogens is 4. The van der Waals surface area contributed by atoms with E-state index in [1.54, 1.807) is 12.1 Å². The van der Waals surface area contributed by atoms with Gasteiger partial charge in [0.05, 0.1) is 6.33 Å². The third kappa shape index (κ3) is 4.28. The van der Waals surface area contributed by atoms with E-state index >= 15 is 0 Å². The summed E-state index contributed by atoms with van der Waals surface area (Å²) in [5, 5.41) is 36.4. The first-order valence-electron chi connectivity index (χ1n) is 11.0. The van der Waals surface area contributed by atoms with Gasteiger partial charge in [0.1, 0.15) is 18.0 Å². The molecule has 2 aromatic carbocycles. The Bertz CT molecular complexity index is 1340. The zero-order chi connectivity index (χ0) is 24.5. The number of amides is 1. The monoisotopic (exact) mass is 476 g/mol. The number of anilines is 1. The molecule has 1 amide bonds. The van der Waals surface area contributed by atoms with Crippen LogP contribution in [0.3, 0.4) is 0 Å². The summed E-state index contributed by atoms with van der Waals surface area (Å²) >= 11 is 0. The third-order valence-electron chi connectivity index (χ3n) is 5.87. The topological polar surface area (TPSA) is 155 Å². The van der Waals surface area contributed by atoms with Gasteiger partial charge in [0, 0.05) is 19.2 Å². The highest BCUT2D eigenvalue weighted by molar-refractivity contribution is 5.85. The molecule has 11 heteroatoms. The van der Waals surface area contributed by atoms with E-state index in [1.165, 1.54) is 30.1 Å². The number of carbonyl (C=O) groups is 1. The van der Waals surface area contributed by atoms with Crippen molar-refractivity contribution in [1.82, 2.24) is 24.8 Å². The van der Waals surface area contributed by atoms with Crippen LogP contribution < -0.4 is 10.6 Å². The van der Waals surface area contributed by atoms with Crippen LogP contribution in [0, 0.1) is 0 Å². The maximum Gasteiger partial charge on any atom is 0.251 e. The number of rotatable bonds is 6. The normalized spacial score (nSPS) is 21.8. The molecule has 0 bridgehead atoms. The molecule has 0 saturated carbocycles. The molecule has 1 saturated heterocycles. The number of phenolic OH excluding ortho intramolecular Hbond substituents is 1. The Morgan fingerprint density at radius 1 is 1.06 bits per heavy atom. The molecule has 0 spiro atoms. The summed E-state index contributed by atoms with van der Waals surface area (Å²) in [7, 11) is 1.42. The summed E-state index contributed by atoms with van der Waals surface area (Å²) in [5.41, 5.74) is 2.46. The van der Waals surface area contributed by atoms with Crippen molar-refractivity contribution in [3.8, 4) is 17.1 Å². The van der Waals surface area contributed by atoms with Gasteiger partial charge in [-0.1, -0.05) is 30.3 Å². The minimum Gasteiger partial charge on any atom is -0.508 e.